The molecule has 1 aromatic carbocycles. The number of phenolic OH excluding ortho intramolecular Hbond substituents is 3. The van der Waals surface area contributed by atoms with Crippen LogP contribution in [-0.2, 0) is 0 Å². The maximum atomic E-state index is 9.49. The molecule has 0 bridgehead atoms. The summed E-state index contributed by atoms with van der Waals surface area (Å²) in [5, 5.41) is 27.8. The van der Waals surface area contributed by atoms with Crippen molar-refractivity contribution < 1.29 is 15.3 Å². The zero-order valence-electron chi connectivity index (χ0n) is 7.10. The van der Waals surface area contributed by atoms with Gasteiger partial charge in [0.25, 0.3) is 0 Å². The summed E-state index contributed by atoms with van der Waals surface area (Å²) < 4.78 is 0. The van der Waals surface area contributed by atoms with Gasteiger partial charge in [0.05, 0.1) is 18.2 Å². The van der Waals surface area contributed by atoms with E-state index in [0.29, 0.717) is 11.3 Å². The quantitative estimate of drug-likeness (QED) is 0.511. The van der Waals surface area contributed by atoms with Crippen LogP contribution in [0.3, 0.4) is 0 Å². The first-order valence-electron chi connectivity index (χ1n) is 3.93. The highest BCUT2D eigenvalue weighted by Gasteiger charge is 2.12. The number of rotatable bonds is 1. The van der Waals surface area contributed by atoms with Crippen molar-refractivity contribution in [3.05, 3.63) is 24.7 Å². The second-order valence-corrected chi connectivity index (χ2v) is 2.79. The van der Waals surface area contributed by atoms with Crippen molar-refractivity contribution in [2.45, 2.75) is 0 Å². The highest BCUT2D eigenvalue weighted by molar-refractivity contribution is 5.72. The molecule has 4 N–H and O–H groups in total. The highest BCUT2D eigenvalue weighted by Crippen LogP contribution is 2.41. The predicted octanol–water partition coefficient (Wildman–Crippen LogP) is 1.19. The minimum Gasteiger partial charge on any atom is -0.504 e. The Bertz CT molecular complexity index is 451. The Morgan fingerprint density at radius 1 is 1.07 bits per heavy atom. The average molecular weight is 192 g/mol. The number of aromatic amines is 1. The van der Waals surface area contributed by atoms with Crippen LogP contribution in [0.5, 0.6) is 17.2 Å². The lowest BCUT2D eigenvalue weighted by molar-refractivity contribution is 0.369. The fraction of sp³-hybridized carbons (Fsp3) is 0. The van der Waals surface area contributed by atoms with Gasteiger partial charge in [-0.1, -0.05) is 0 Å². The van der Waals surface area contributed by atoms with Crippen LogP contribution in [0.4, 0.5) is 0 Å². The van der Waals surface area contributed by atoms with Crippen molar-refractivity contribution in [1.82, 2.24) is 9.97 Å². The number of imidazole rings is 1. The topological polar surface area (TPSA) is 89.4 Å². The second kappa shape index (κ2) is 2.95. The van der Waals surface area contributed by atoms with Gasteiger partial charge >= 0.3 is 0 Å². The van der Waals surface area contributed by atoms with Crippen molar-refractivity contribution in [1.29, 1.82) is 0 Å². The number of benzene rings is 1. The maximum absolute atomic E-state index is 9.49. The Hall–Kier alpha value is -2.17. The average Bonchev–Trinajstić information content (AvgIpc) is 2.67. The summed E-state index contributed by atoms with van der Waals surface area (Å²) >= 11 is 0. The molecule has 0 aliphatic rings. The maximum Gasteiger partial charge on any atom is 0.200 e. The molecule has 2 aromatic rings. The van der Waals surface area contributed by atoms with E-state index in [0.717, 1.165) is 0 Å². The van der Waals surface area contributed by atoms with Crippen LogP contribution in [0.15, 0.2) is 24.7 Å². The number of hydrogen-bond donors (Lipinski definition) is 4. The Balaban J connectivity index is 2.61. The molecule has 0 atom stereocenters. The van der Waals surface area contributed by atoms with Crippen LogP contribution in [-0.4, -0.2) is 25.3 Å². The minimum atomic E-state index is -0.530. The van der Waals surface area contributed by atoms with Gasteiger partial charge in [0.1, 0.15) is 0 Å². The molecule has 72 valence electrons. The van der Waals surface area contributed by atoms with Crippen LogP contribution < -0.4 is 0 Å². The molecule has 0 saturated heterocycles. The fourth-order valence-electron chi connectivity index (χ4n) is 1.19. The van der Waals surface area contributed by atoms with Gasteiger partial charge in [-0.05, 0) is 12.1 Å². The number of H-pyrrole nitrogens is 1. The van der Waals surface area contributed by atoms with E-state index in [9.17, 15) is 10.2 Å². The van der Waals surface area contributed by atoms with E-state index in [1.54, 1.807) is 0 Å². The lowest BCUT2D eigenvalue weighted by atomic mass is 10.1. The molecule has 0 amide bonds. The summed E-state index contributed by atoms with van der Waals surface area (Å²) in [7, 11) is 0. The van der Waals surface area contributed by atoms with Crippen LogP contribution >= 0.6 is 0 Å². The first-order chi connectivity index (χ1) is 6.70. The third kappa shape index (κ3) is 1.15. The van der Waals surface area contributed by atoms with Crippen LogP contribution in [0, 0.1) is 0 Å². The van der Waals surface area contributed by atoms with E-state index in [4.69, 9.17) is 5.11 Å². The Morgan fingerprint density at radius 2 is 1.86 bits per heavy atom. The first kappa shape index (κ1) is 8.43. The largest absolute Gasteiger partial charge is 0.504 e. The molecule has 0 spiro atoms. The highest BCUT2D eigenvalue weighted by atomic mass is 16.3. The molecule has 1 aromatic heterocycles. The summed E-state index contributed by atoms with van der Waals surface area (Å²) in [5.74, 6) is -1.25. The molecular weight excluding hydrogens is 184 g/mol. The number of nitrogens with one attached hydrogen (secondary N) is 1. The van der Waals surface area contributed by atoms with Gasteiger partial charge in [-0.25, -0.2) is 4.98 Å². The minimum absolute atomic E-state index is 0.356. The van der Waals surface area contributed by atoms with Crippen LogP contribution in [0.1, 0.15) is 0 Å². The van der Waals surface area contributed by atoms with Crippen molar-refractivity contribution in [3.8, 4) is 28.5 Å². The van der Waals surface area contributed by atoms with E-state index >= 15 is 0 Å². The monoisotopic (exact) mass is 192 g/mol. The van der Waals surface area contributed by atoms with E-state index in [2.05, 4.69) is 9.97 Å². The summed E-state index contributed by atoms with van der Waals surface area (Å²) in [6, 6.07) is 2.78. The Morgan fingerprint density at radius 3 is 2.50 bits per heavy atom. The molecule has 2 rings (SSSR count). The number of phenols is 3. The molecule has 0 aliphatic heterocycles. The van der Waals surface area contributed by atoms with Crippen molar-refractivity contribution >= 4 is 0 Å². The summed E-state index contributed by atoms with van der Waals surface area (Å²) in [6.45, 7) is 0. The molecule has 5 heteroatoms. The number of hydrogen-bond acceptors (Lipinski definition) is 4. The third-order valence-electron chi connectivity index (χ3n) is 1.92. The van der Waals surface area contributed by atoms with Crippen LogP contribution in [0.25, 0.3) is 11.3 Å². The van der Waals surface area contributed by atoms with Gasteiger partial charge in [0, 0.05) is 5.56 Å². The lowest BCUT2D eigenvalue weighted by Crippen LogP contribution is -1.80. The van der Waals surface area contributed by atoms with E-state index in [1.165, 1.54) is 24.7 Å². The molecule has 0 aliphatic carbocycles. The molecule has 0 radical (unpaired) electrons. The smallest absolute Gasteiger partial charge is 0.200 e. The van der Waals surface area contributed by atoms with Crippen molar-refractivity contribution in [2.75, 3.05) is 0 Å². The Labute approximate surface area is 79.3 Å². The second-order valence-electron chi connectivity index (χ2n) is 2.79. The number of aromatic nitrogens is 2. The van der Waals surface area contributed by atoms with Gasteiger partial charge < -0.3 is 20.3 Å². The third-order valence-corrected chi connectivity index (χ3v) is 1.92. The molecule has 0 saturated carbocycles. The SMILES string of the molecule is Oc1ccc(-c2cnc[nH]2)c(O)c1O. The van der Waals surface area contributed by atoms with Gasteiger partial charge in [0.2, 0.25) is 5.75 Å². The van der Waals surface area contributed by atoms with Gasteiger partial charge in [0.15, 0.2) is 11.5 Å². The Kier molecular flexibility index (Phi) is 1.78. The number of aromatic hydroxyl groups is 3. The molecule has 14 heavy (non-hydrogen) atoms. The molecular formula is C9H8N2O3. The van der Waals surface area contributed by atoms with Gasteiger partial charge in [-0.3, -0.25) is 0 Å². The predicted molar refractivity (Wildman–Crippen MR) is 49.0 cm³/mol. The summed E-state index contributed by atoms with van der Waals surface area (Å²) in [5.41, 5.74) is 0.954. The molecule has 1 heterocycles. The summed E-state index contributed by atoms with van der Waals surface area (Å²) in [4.78, 5) is 6.56. The first-order valence-corrected chi connectivity index (χ1v) is 3.93. The van der Waals surface area contributed by atoms with E-state index < -0.39 is 5.75 Å². The van der Waals surface area contributed by atoms with E-state index in [-0.39, 0.29) is 11.5 Å². The van der Waals surface area contributed by atoms with Crippen molar-refractivity contribution in [2.24, 2.45) is 0 Å². The zero-order chi connectivity index (χ0) is 10.1. The normalized spacial score (nSPS) is 10.3. The fourth-order valence-corrected chi connectivity index (χ4v) is 1.19. The number of nitrogens with zero attached hydrogens (tertiary/aromatic N) is 1. The standard InChI is InChI=1S/C9H8N2O3/c12-7-2-1-5(8(13)9(7)14)6-3-10-4-11-6/h1-4,12-14H,(H,10,11). The zero-order valence-corrected chi connectivity index (χ0v) is 7.10. The van der Waals surface area contributed by atoms with Gasteiger partial charge in [-0.2, -0.15) is 0 Å². The molecule has 0 fully saturated rings. The van der Waals surface area contributed by atoms with Gasteiger partial charge in [-0.15, -0.1) is 0 Å². The van der Waals surface area contributed by atoms with Crippen LogP contribution in [0.2, 0.25) is 0 Å². The van der Waals surface area contributed by atoms with Crippen molar-refractivity contribution in [3.63, 3.8) is 0 Å². The molecule has 0 unspecified atom stereocenters. The summed E-state index contributed by atoms with van der Waals surface area (Å²) in [6.07, 6.45) is 2.96. The lowest BCUT2D eigenvalue weighted by Gasteiger charge is -2.05. The molecule has 5 nitrogen and oxygen atoms in total. The van der Waals surface area contributed by atoms with E-state index in [1.807, 2.05) is 0 Å².